The molecule has 0 saturated carbocycles. The molecular weight excluding hydrogens is 242 g/mol. The largest absolute Gasteiger partial charge is 0.396 e. The van der Waals surface area contributed by atoms with Gasteiger partial charge in [0.1, 0.15) is 5.65 Å². The Morgan fingerprint density at radius 1 is 1.53 bits per heavy atom. The summed E-state index contributed by atoms with van der Waals surface area (Å²) in [5, 5.41) is 10.2. The lowest BCUT2D eigenvalue weighted by molar-refractivity contribution is -0.127. The molecule has 0 aromatic carbocycles. The van der Waals surface area contributed by atoms with Gasteiger partial charge in [-0.2, -0.15) is 0 Å². The molecule has 2 N–H and O–H groups in total. The molecule has 2 aromatic heterocycles. The predicted octanol–water partition coefficient (Wildman–Crippen LogP) is 0.946. The number of fused-ring (bicyclic) bond motifs is 1. The molecule has 1 amide bonds. The molecule has 1 fully saturated rings. The van der Waals surface area contributed by atoms with Gasteiger partial charge in [0.15, 0.2) is 0 Å². The van der Waals surface area contributed by atoms with E-state index in [4.69, 9.17) is 5.11 Å². The zero-order valence-corrected chi connectivity index (χ0v) is 10.7. The lowest BCUT2D eigenvalue weighted by Gasteiger charge is -2.15. The Balaban J connectivity index is 1.68. The van der Waals surface area contributed by atoms with E-state index in [0.29, 0.717) is 19.5 Å². The fourth-order valence-corrected chi connectivity index (χ4v) is 2.67. The first-order valence-electron chi connectivity index (χ1n) is 6.57. The van der Waals surface area contributed by atoms with Gasteiger partial charge >= 0.3 is 0 Å². The molecular formula is C14H17N3O2. The number of carbonyl (C=O) groups excluding carboxylic acids is 1. The SMILES string of the molecule is O=C1CC(CO)CN1CCc1c[nH]c2ncccc12. The van der Waals surface area contributed by atoms with Gasteiger partial charge in [0, 0.05) is 49.8 Å². The lowest BCUT2D eigenvalue weighted by atomic mass is 10.1. The number of aromatic nitrogens is 2. The van der Waals surface area contributed by atoms with E-state index in [0.717, 1.165) is 17.5 Å². The zero-order chi connectivity index (χ0) is 13.2. The molecule has 0 spiro atoms. The number of carbonyl (C=O) groups is 1. The minimum absolute atomic E-state index is 0.0965. The molecule has 5 nitrogen and oxygen atoms in total. The summed E-state index contributed by atoms with van der Waals surface area (Å²) in [7, 11) is 0. The Morgan fingerprint density at radius 2 is 2.42 bits per heavy atom. The van der Waals surface area contributed by atoms with Crippen LogP contribution < -0.4 is 0 Å². The average Bonchev–Trinajstić information content (AvgIpc) is 3.00. The van der Waals surface area contributed by atoms with Gasteiger partial charge in [0.25, 0.3) is 0 Å². The van der Waals surface area contributed by atoms with Crippen molar-refractivity contribution in [2.24, 2.45) is 5.92 Å². The Kier molecular flexibility index (Phi) is 3.21. The average molecular weight is 259 g/mol. The Hall–Kier alpha value is -1.88. The number of aliphatic hydroxyl groups excluding tert-OH is 1. The second-order valence-electron chi connectivity index (χ2n) is 5.06. The molecule has 1 saturated heterocycles. The topological polar surface area (TPSA) is 69.2 Å². The fourth-order valence-electron chi connectivity index (χ4n) is 2.67. The maximum atomic E-state index is 11.8. The van der Waals surface area contributed by atoms with E-state index in [2.05, 4.69) is 9.97 Å². The van der Waals surface area contributed by atoms with Crippen molar-refractivity contribution in [2.75, 3.05) is 19.7 Å². The van der Waals surface area contributed by atoms with Gasteiger partial charge in [0.2, 0.25) is 5.91 Å². The number of hydrogen-bond acceptors (Lipinski definition) is 3. The van der Waals surface area contributed by atoms with Gasteiger partial charge in [-0.25, -0.2) is 4.98 Å². The number of nitrogens with zero attached hydrogens (tertiary/aromatic N) is 2. The van der Waals surface area contributed by atoms with Crippen LogP contribution in [0.4, 0.5) is 0 Å². The smallest absolute Gasteiger partial charge is 0.223 e. The van der Waals surface area contributed by atoms with Crippen molar-refractivity contribution in [3.05, 3.63) is 30.1 Å². The van der Waals surface area contributed by atoms with Crippen LogP contribution in [0.1, 0.15) is 12.0 Å². The molecule has 5 heteroatoms. The van der Waals surface area contributed by atoms with Crippen LogP contribution in [-0.4, -0.2) is 45.6 Å². The first kappa shape index (κ1) is 12.2. The van der Waals surface area contributed by atoms with Crippen LogP contribution in [0.25, 0.3) is 11.0 Å². The molecule has 3 heterocycles. The second kappa shape index (κ2) is 5.01. The fraction of sp³-hybridized carbons (Fsp3) is 0.429. The van der Waals surface area contributed by atoms with E-state index in [9.17, 15) is 4.79 Å². The van der Waals surface area contributed by atoms with Gasteiger partial charge in [-0.05, 0) is 24.1 Å². The van der Waals surface area contributed by atoms with Crippen molar-refractivity contribution in [1.82, 2.24) is 14.9 Å². The zero-order valence-electron chi connectivity index (χ0n) is 10.7. The summed E-state index contributed by atoms with van der Waals surface area (Å²) in [5.41, 5.74) is 2.07. The number of aliphatic hydroxyl groups is 1. The molecule has 1 aliphatic heterocycles. The predicted molar refractivity (Wildman–Crippen MR) is 71.6 cm³/mol. The van der Waals surface area contributed by atoms with Crippen molar-refractivity contribution >= 4 is 16.9 Å². The van der Waals surface area contributed by atoms with Crippen LogP contribution in [-0.2, 0) is 11.2 Å². The Labute approximate surface area is 111 Å². The molecule has 0 bridgehead atoms. The van der Waals surface area contributed by atoms with Gasteiger partial charge in [0.05, 0.1) is 0 Å². The number of aromatic amines is 1. The van der Waals surface area contributed by atoms with E-state index < -0.39 is 0 Å². The van der Waals surface area contributed by atoms with Gasteiger partial charge in [-0.1, -0.05) is 0 Å². The van der Waals surface area contributed by atoms with Crippen molar-refractivity contribution in [2.45, 2.75) is 12.8 Å². The highest BCUT2D eigenvalue weighted by Gasteiger charge is 2.28. The van der Waals surface area contributed by atoms with Gasteiger partial charge in [-0.15, -0.1) is 0 Å². The lowest BCUT2D eigenvalue weighted by Crippen LogP contribution is -2.27. The molecule has 0 radical (unpaired) electrons. The van der Waals surface area contributed by atoms with Crippen molar-refractivity contribution in [3.8, 4) is 0 Å². The summed E-state index contributed by atoms with van der Waals surface area (Å²) in [4.78, 5) is 21.0. The number of likely N-dealkylation sites (tertiary alicyclic amines) is 1. The Morgan fingerprint density at radius 3 is 3.21 bits per heavy atom. The van der Waals surface area contributed by atoms with Crippen LogP contribution in [0, 0.1) is 5.92 Å². The minimum Gasteiger partial charge on any atom is -0.396 e. The number of nitrogens with one attached hydrogen (secondary N) is 1. The molecule has 100 valence electrons. The second-order valence-corrected chi connectivity index (χ2v) is 5.06. The first-order chi connectivity index (χ1) is 9.28. The highest BCUT2D eigenvalue weighted by Crippen LogP contribution is 2.20. The highest BCUT2D eigenvalue weighted by molar-refractivity contribution is 5.80. The quantitative estimate of drug-likeness (QED) is 0.858. The standard InChI is InChI=1S/C14H17N3O2/c18-9-10-6-13(19)17(8-10)5-3-11-7-16-14-12(11)2-1-4-15-14/h1-2,4,7,10,18H,3,5-6,8-9H2,(H,15,16). The first-order valence-corrected chi connectivity index (χ1v) is 6.57. The third-order valence-corrected chi connectivity index (χ3v) is 3.74. The van der Waals surface area contributed by atoms with E-state index in [1.54, 1.807) is 6.20 Å². The third kappa shape index (κ3) is 2.33. The number of hydrogen-bond donors (Lipinski definition) is 2. The summed E-state index contributed by atoms with van der Waals surface area (Å²) in [6, 6.07) is 3.96. The van der Waals surface area contributed by atoms with Gasteiger partial charge < -0.3 is 15.0 Å². The number of rotatable bonds is 4. The maximum Gasteiger partial charge on any atom is 0.223 e. The molecule has 0 aliphatic carbocycles. The van der Waals surface area contributed by atoms with Crippen LogP contribution in [0.3, 0.4) is 0 Å². The van der Waals surface area contributed by atoms with Crippen LogP contribution in [0.5, 0.6) is 0 Å². The number of H-pyrrole nitrogens is 1. The van der Waals surface area contributed by atoms with E-state index >= 15 is 0 Å². The van der Waals surface area contributed by atoms with Crippen LogP contribution in [0.15, 0.2) is 24.5 Å². The summed E-state index contributed by atoms with van der Waals surface area (Å²) < 4.78 is 0. The third-order valence-electron chi connectivity index (χ3n) is 3.74. The van der Waals surface area contributed by atoms with Gasteiger partial charge in [-0.3, -0.25) is 4.79 Å². The normalized spacial score (nSPS) is 19.5. The summed E-state index contributed by atoms with van der Waals surface area (Å²) >= 11 is 0. The number of pyridine rings is 1. The number of amides is 1. The Bertz CT molecular complexity index is 593. The van der Waals surface area contributed by atoms with Crippen LogP contribution in [0.2, 0.25) is 0 Å². The van der Waals surface area contributed by atoms with E-state index in [1.165, 1.54) is 5.56 Å². The van der Waals surface area contributed by atoms with E-state index in [1.807, 2.05) is 23.2 Å². The summed E-state index contributed by atoms with van der Waals surface area (Å²) in [6.45, 7) is 1.48. The summed E-state index contributed by atoms with van der Waals surface area (Å²) in [6.07, 6.45) is 5.02. The van der Waals surface area contributed by atoms with E-state index in [-0.39, 0.29) is 18.4 Å². The molecule has 2 aromatic rings. The molecule has 1 unspecified atom stereocenters. The maximum absolute atomic E-state index is 11.8. The molecule has 1 aliphatic rings. The molecule has 1 atom stereocenters. The monoisotopic (exact) mass is 259 g/mol. The molecule has 3 rings (SSSR count). The minimum atomic E-state index is 0.0965. The highest BCUT2D eigenvalue weighted by atomic mass is 16.3. The van der Waals surface area contributed by atoms with Crippen molar-refractivity contribution < 1.29 is 9.90 Å². The van der Waals surface area contributed by atoms with Crippen molar-refractivity contribution in [1.29, 1.82) is 0 Å². The summed E-state index contributed by atoms with van der Waals surface area (Å²) in [5.74, 6) is 0.258. The van der Waals surface area contributed by atoms with Crippen LogP contribution >= 0.6 is 0 Å². The van der Waals surface area contributed by atoms with Crippen molar-refractivity contribution in [3.63, 3.8) is 0 Å². The molecule has 19 heavy (non-hydrogen) atoms.